The lowest BCUT2D eigenvalue weighted by atomic mass is 9.94. The van der Waals surface area contributed by atoms with Gasteiger partial charge in [-0.1, -0.05) is 29.3 Å². The minimum atomic E-state index is -2.55. The average Bonchev–Trinajstić information content (AvgIpc) is 2.92. The van der Waals surface area contributed by atoms with E-state index in [-0.39, 0.29) is 18.8 Å². The minimum absolute atomic E-state index is 0.0322. The van der Waals surface area contributed by atoms with Crippen LogP contribution in [-0.4, -0.2) is 15.9 Å². The van der Waals surface area contributed by atoms with Crippen molar-refractivity contribution in [1.29, 1.82) is 0 Å². The second-order valence-electron chi connectivity index (χ2n) is 7.15. The van der Waals surface area contributed by atoms with Crippen LogP contribution in [0, 0.1) is 13.8 Å². The third-order valence-electron chi connectivity index (χ3n) is 4.98. The highest BCUT2D eigenvalue weighted by Crippen LogP contribution is 2.45. The number of benzene rings is 2. The Hall–Kier alpha value is -2.36. The number of hydrogen-bond donors (Lipinski definition) is 0. The number of nitrogens with zero attached hydrogens (tertiary/aromatic N) is 2. The van der Waals surface area contributed by atoms with E-state index in [9.17, 15) is 8.78 Å². The van der Waals surface area contributed by atoms with Crippen LogP contribution in [0.2, 0.25) is 0 Å². The van der Waals surface area contributed by atoms with Crippen molar-refractivity contribution in [2.24, 2.45) is 0 Å². The predicted octanol–water partition coefficient (Wildman–Crippen LogP) is 5.82. The Morgan fingerprint density at radius 1 is 1.08 bits per heavy atom. The first-order chi connectivity index (χ1) is 11.9. The normalized spacial score (nSPS) is 19.4. The number of halogens is 2. The molecule has 0 aliphatic heterocycles. The van der Waals surface area contributed by atoms with E-state index in [4.69, 9.17) is 4.98 Å². The molecule has 1 aliphatic carbocycles. The van der Waals surface area contributed by atoms with E-state index < -0.39 is 5.92 Å². The molecule has 4 heteroatoms. The molecule has 1 aromatic heterocycles. The average molecular weight is 338 g/mol. The summed E-state index contributed by atoms with van der Waals surface area (Å²) in [6, 6.07) is 12.0. The molecule has 1 aliphatic rings. The molecule has 25 heavy (non-hydrogen) atoms. The van der Waals surface area contributed by atoms with Crippen molar-refractivity contribution < 1.29 is 8.78 Å². The molecule has 1 heterocycles. The Balaban J connectivity index is 1.78. The van der Waals surface area contributed by atoms with Crippen LogP contribution in [0.25, 0.3) is 22.3 Å². The van der Waals surface area contributed by atoms with Crippen LogP contribution in [0.15, 0.2) is 42.6 Å². The molecule has 3 aromatic rings. The van der Waals surface area contributed by atoms with Gasteiger partial charge in [0, 0.05) is 30.0 Å². The molecular weight excluding hydrogens is 318 g/mol. The number of alkyl halides is 2. The van der Waals surface area contributed by atoms with Crippen molar-refractivity contribution >= 4 is 10.9 Å². The summed E-state index contributed by atoms with van der Waals surface area (Å²) < 4.78 is 27.2. The van der Waals surface area contributed by atoms with Crippen molar-refractivity contribution in [3.63, 3.8) is 0 Å². The summed E-state index contributed by atoms with van der Waals surface area (Å²) in [5, 5.41) is 0.887. The predicted molar refractivity (Wildman–Crippen MR) is 96.0 cm³/mol. The molecule has 0 N–H and O–H groups in total. The van der Waals surface area contributed by atoms with Crippen LogP contribution in [-0.2, 0) is 0 Å². The van der Waals surface area contributed by atoms with Gasteiger partial charge in [-0.15, -0.1) is 0 Å². The summed E-state index contributed by atoms with van der Waals surface area (Å²) in [4.78, 5) is 9.23. The molecule has 0 bridgehead atoms. The standard InChI is InChI=1S/C21H20F2N2/c1-13-8-14(2)10-16(9-13)20-24-12-18-17(4-3-5-19(18)25-20)15-6-7-21(22,23)11-15/h3-5,8-10,12,15H,6-7,11H2,1-2H3. The highest BCUT2D eigenvalue weighted by molar-refractivity contribution is 5.83. The SMILES string of the molecule is Cc1cc(C)cc(-c2ncc3c(C4CCC(F)(F)C4)cccc3n2)c1. The van der Waals surface area contributed by atoms with Gasteiger partial charge in [0.05, 0.1) is 5.52 Å². The maximum absolute atomic E-state index is 13.6. The fraction of sp³-hybridized carbons (Fsp3) is 0.333. The van der Waals surface area contributed by atoms with E-state index in [2.05, 4.69) is 37.0 Å². The lowest BCUT2D eigenvalue weighted by molar-refractivity contribution is 0.00780. The first-order valence-corrected chi connectivity index (χ1v) is 8.63. The van der Waals surface area contributed by atoms with Gasteiger partial charge in [-0.3, -0.25) is 0 Å². The zero-order valence-corrected chi connectivity index (χ0v) is 14.4. The van der Waals surface area contributed by atoms with Crippen LogP contribution >= 0.6 is 0 Å². The smallest absolute Gasteiger partial charge is 0.236 e. The molecular formula is C21H20F2N2. The first kappa shape index (κ1) is 16.1. The monoisotopic (exact) mass is 338 g/mol. The number of aromatic nitrogens is 2. The van der Waals surface area contributed by atoms with E-state index in [1.165, 1.54) is 11.1 Å². The molecule has 1 saturated carbocycles. The third-order valence-corrected chi connectivity index (χ3v) is 4.98. The third kappa shape index (κ3) is 3.13. The summed E-state index contributed by atoms with van der Waals surface area (Å²) in [6.45, 7) is 4.10. The second-order valence-corrected chi connectivity index (χ2v) is 7.15. The molecule has 0 amide bonds. The highest BCUT2D eigenvalue weighted by Gasteiger charge is 2.40. The van der Waals surface area contributed by atoms with Crippen LogP contribution < -0.4 is 0 Å². The fourth-order valence-electron chi connectivity index (χ4n) is 3.89. The molecule has 4 rings (SSSR count). The van der Waals surface area contributed by atoms with Crippen molar-refractivity contribution in [2.75, 3.05) is 0 Å². The molecule has 1 unspecified atom stereocenters. The van der Waals surface area contributed by atoms with Crippen molar-refractivity contribution in [1.82, 2.24) is 9.97 Å². The summed E-state index contributed by atoms with van der Waals surface area (Å²) >= 11 is 0. The quantitative estimate of drug-likeness (QED) is 0.589. The summed E-state index contributed by atoms with van der Waals surface area (Å²) in [6.07, 6.45) is 2.20. The molecule has 2 nitrogen and oxygen atoms in total. The Kier molecular flexibility index (Phi) is 3.78. The van der Waals surface area contributed by atoms with Gasteiger partial charge in [0.15, 0.2) is 5.82 Å². The minimum Gasteiger partial charge on any atom is -0.236 e. The highest BCUT2D eigenvalue weighted by atomic mass is 19.3. The van der Waals surface area contributed by atoms with E-state index in [1.807, 2.05) is 18.2 Å². The Bertz CT molecular complexity index is 930. The van der Waals surface area contributed by atoms with Crippen molar-refractivity contribution in [3.05, 3.63) is 59.3 Å². The van der Waals surface area contributed by atoms with Gasteiger partial charge in [-0.2, -0.15) is 0 Å². The Labute approximate surface area is 145 Å². The van der Waals surface area contributed by atoms with Crippen LogP contribution in [0.1, 0.15) is 41.9 Å². The van der Waals surface area contributed by atoms with Crippen LogP contribution in [0.3, 0.4) is 0 Å². The van der Waals surface area contributed by atoms with E-state index >= 15 is 0 Å². The second kappa shape index (κ2) is 5.87. The Morgan fingerprint density at radius 3 is 2.52 bits per heavy atom. The zero-order valence-electron chi connectivity index (χ0n) is 14.4. The first-order valence-electron chi connectivity index (χ1n) is 8.63. The van der Waals surface area contributed by atoms with Gasteiger partial charge < -0.3 is 0 Å². The van der Waals surface area contributed by atoms with E-state index in [1.54, 1.807) is 6.20 Å². The maximum atomic E-state index is 13.6. The van der Waals surface area contributed by atoms with Gasteiger partial charge in [-0.05, 0) is 49.9 Å². The fourth-order valence-corrected chi connectivity index (χ4v) is 3.89. The van der Waals surface area contributed by atoms with Gasteiger partial charge in [0.2, 0.25) is 5.92 Å². The maximum Gasteiger partial charge on any atom is 0.248 e. The lowest BCUT2D eigenvalue weighted by Gasteiger charge is -2.14. The zero-order chi connectivity index (χ0) is 17.6. The molecule has 128 valence electrons. The Morgan fingerprint density at radius 2 is 1.84 bits per heavy atom. The largest absolute Gasteiger partial charge is 0.248 e. The topological polar surface area (TPSA) is 25.8 Å². The van der Waals surface area contributed by atoms with Crippen LogP contribution in [0.5, 0.6) is 0 Å². The molecule has 1 fully saturated rings. The number of fused-ring (bicyclic) bond motifs is 1. The molecule has 2 aromatic carbocycles. The number of rotatable bonds is 2. The van der Waals surface area contributed by atoms with Crippen molar-refractivity contribution in [2.45, 2.75) is 45.0 Å². The summed E-state index contributed by atoms with van der Waals surface area (Å²) in [5.41, 5.74) is 5.08. The summed E-state index contributed by atoms with van der Waals surface area (Å²) in [7, 11) is 0. The lowest BCUT2D eigenvalue weighted by Crippen LogP contribution is -2.09. The van der Waals surface area contributed by atoms with Gasteiger partial charge in [-0.25, -0.2) is 18.7 Å². The van der Waals surface area contributed by atoms with Gasteiger partial charge in [0.1, 0.15) is 0 Å². The molecule has 0 saturated heterocycles. The molecule has 1 atom stereocenters. The molecule has 0 spiro atoms. The van der Waals surface area contributed by atoms with Crippen molar-refractivity contribution in [3.8, 4) is 11.4 Å². The van der Waals surface area contributed by atoms with Crippen LogP contribution in [0.4, 0.5) is 8.78 Å². The summed E-state index contributed by atoms with van der Waals surface area (Å²) in [5.74, 6) is -1.99. The van der Waals surface area contributed by atoms with E-state index in [0.717, 1.165) is 22.0 Å². The van der Waals surface area contributed by atoms with Gasteiger partial charge >= 0.3 is 0 Å². The van der Waals surface area contributed by atoms with E-state index in [0.29, 0.717) is 12.2 Å². The number of hydrogen-bond acceptors (Lipinski definition) is 2. The molecule has 0 radical (unpaired) electrons. The number of aryl methyl sites for hydroxylation is 2. The van der Waals surface area contributed by atoms with Gasteiger partial charge in [0.25, 0.3) is 0 Å².